The molecular weight excluding hydrogens is 399 g/mol. The number of benzene rings is 2. The van der Waals surface area contributed by atoms with Crippen LogP contribution < -0.4 is 10.1 Å². The van der Waals surface area contributed by atoms with Crippen molar-refractivity contribution in [3.8, 4) is 17.2 Å². The molecule has 2 aromatic rings. The molecule has 2 aromatic carbocycles. The second-order valence-electron chi connectivity index (χ2n) is 5.51. The molecule has 0 unspecified atom stereocenters. The van der Waals surface area contributed by atoms with Crippen LogP contribution in [0.15, 0.2) is 30.3 Å². The van der Waals surface area contributed by atoms with Gasteiger partial charge in [0.05, 0.1) is 15.6 Å². The Bertz CT molecular complexity index is 907. The Morgan fingerprint density at radius 2 is 1.67 bits per heavy atom. The van der Waals surface area contributed by atoms with Gasteiger partial charge in [-0.1, -0.05) is 23.2 Å². The highest BCUT2D eigenvalue weighted by Crippen LogP contribution is 2.39. The number of carboxylic acid groups (broad SMARTS) is 1. The van der Waals surface area contributed by atoms with Crippen molar-refractivity contribution in [3.63, 3.8) is 0 Å². The fourth-order valence-electron chi connectivity index (χ4n) is 2.02. The van der Waals surface area contributed by atoms with E-state index in [4.69, 9.17) is 33.0 Å². The molecule has 0 aliphatic rings. The summed E-state index contributed by atoms with van der Waals surface area (Å²) in [6.07, 6.45) is 0. The lowest BCUT2D eigenvalue weighted by molar-refractivity contribution is -0.147. The van der Waals surface area contributed by atoms with Crippen molar-refractivity contribution >= 4 is 46.7 Å². The average molecular weight is 413 g/mol. The van der Waals surface area contributed by atoms with E-state index in [1.807, 2.05) is 0 Å². The maximum absolute atomic E-state index is 12.1. The summed E-state index contributed by atoms with van der Waals surface area (Å²) >= 11 is 12.2. The van der Waals surface area contributed by atoms with E-state index in [1.54, 1.807) is 0 Å². The van der Waals surface area contributed by atoms with E-state index < -0.39 is 17.8 Å². The molecule has 8 nitrogen and oxygen atoms in total. The van der Waals surface area contributed by atoms with E-state index in [0.717, 1.165) is 0 Å². The van der Waals surface area contributed by atoms with Gasteiger partial charge in [-0.3, -0.25) is 9.59 Å². The lowest BCUT2D eigenvalue weighted by Gasteiger charge is -2.15. The van der Waals surface area contributed by atoms with E-state index in [2.05, 4.69) is 5.32 Å². The quantitative estimate of drug-likeness (QED) is 0.663. The van der Waals surface area contributed by atoms with E-state index in [9.17, 15) is 19.5 Å². The van der Waals surface area contributed by atoms with E-state index in [1.165, 1.54) is 49.3 Å². The van der Waals surface area contributed by atoms with Gasteiger partial charge in [0.25, 0.3) is 5.91 Å². The van der Waals surface area contributed by atoms with Gasteiger partial charge < -0.3 is 25.2 Å². The van der Waals surface area contributed by atoms with Gasteiger partial charge in [0.2, 0.25) is 0 Å². The highest BCUT2D eigenvalue weighted by Gasteiger charge is 2.18. The summed E-state index contributed by atoms with van der Waals surface area (Å²) in [5, 5.41) is 20.6. The van der Waals surface area contributed by atoms with E-state index in [-0.39, 0.29) is 38.5 Å². The standard InChI is InChI=1S/C17H14Cl2N2O6/c1-21(2)16(24)10-7-9(3-4-13(10)22)27-14-11(18)5-8(6-12(14)19)20-15(23)17(25)26/h3-7,22H,1-2H3,(H,20,23)(H,25,26). The van der Waals surface area contributed by atoms with Crippen molar-refractivity contribution in [1.29, 1.82) is 0 Å². The lowest BCUT2D eigenvalue weighted by atomic mass is 10.1. The Morgan fingerprint density at radius 1 is 1.07 bits per heavy atom. The molecule has 27 heavy (non-hydrogen) atoms. The molecule has 0 atom stereocenters. The maximum Gasteiger partial charge on any atom is 0.394 e. The number of ether oxygens (including phenoxy) is 1. The van der Waals surface area contributed by atoms with E-state index >= 15 is 0 Å². The van der Waals surface area contributed by atoms with E-state index in [0.29, 0.717) is 0 Å². The zero-order valence-electron chi connectivity index (χ0n) is 14.1. The van der Waals surface area contributed by atoms with Crippen molar-refractivity contribution in [2.24, 2.45) is 0 Å². The monoisotopic (exact) mass is 412 g/mol. The predicted octanol–water partition coefficient (Wildman–Crippen LogP) is 3.22. The van der Waals surface area contributed by atoms with Gasteiger partial charge in [-0.25, -0.2) is 4.79 Å². The number of aliphatic carboxylic acids is 1. The Balaban J connectivity index is 2.33. The summed E-state index contributed by atoms with van der Waals surface area (Å²) in [6.45, 7) is 0. The van der Waals surface area contributed by atoms with Gasteiger partial charge in [0, 0.05) is 19.8 Å². The van der Waals surface area contributed by atoms with Gasteiger partial charge in [-0.05, 0) is 30.3 Å². The number of carbonyl (C=O) groups excluding carboxylic acids is 2. The van der Waals surface area contributed by atoms with Gasteiger partial charge in [0.1, 0.15) is 11.5 Å². The van der Waals surface area contributed by atoms with Gasteiger partial charge >= 0.3 is 11.9 Å². The van der Waals surface area contributed by atoms with Crippen LogP contribution >= 0.6 is 23.2 Å². The van der Waals surface area contributed by atoms with Gasteiger partial charge in [-0.2, -0.15) is 0 Å². The van der Waals surface area contributed by atoms with Crippen molar-refractivity contribution in [3.05, 3.63) is 45.9 Å². The summed E-state index contributed by atoms with van der Waals surface area (Å²) in [5.41, 5.74) is 0.0917. The van der Waals surface area contributed by atoms with Crippen molar-refractivity contribution in [2.45, 2.75) is 0 Å². The molecular formula is C17H14Cl2N2O6. The Morgan fingerprint density at radius 3 is 2.19 bits per heavy atom. The molecule has 0 aliphatic carbocycles. The summed E-state index contributed by atoms with van der Waals surface area (Å²) < 4.78 is 5.60. The minimum absolute atomic E-state index is 0.00301. The molecule has 0 heterocycles. The van der Waals surface area contributed by atoms with Crippen LogP contribution in [0.2, 0.25) is 10.0 Å². The van der Waals surface area contributed by atoms with Gasteiger partial charge in [0.15, 0.2) is 5.75 Å². The summed E-state index contributed by atoms with van der Waals surface area (Å²) in [6, 6.07) is 6.54. The molecule has 0 fully saturated rings. The minimum Gasteiger partial charge on any atom is -0.507 e. The predicted molar refractivity (Wildman–Crippen MR) is 98.9 cm³/mol. The van der Waals surface area contributed by atoms with Crippen LogP contribution in [0.5, 0.6) is 17.2 Å². The molecule has 3 N–H and O–H groups in total. The molecule has 142 valence electrons. The summed E-state index contributed by atoms with van der Waals surface area (Å²) in [7, 11) is 3.07. The lowest BCUT2D eigenvalue weighted by Crippen LogP contribution is -2.21. The summed E-state index contributed by atoms with van der Waals surface area (Å²) in [4.78, 5) is 35.2. The molecule has 0 radical (unpaired) electrons. The van der Waals surface area contributed by atoms with Crippen molar-refractivity contribution in [1.82, 2.24) is 4.90 Å². The average Bonchev–Trinajstić information content (AvgIpc) is 2.58. The number of amides is 2. The molecule has 0 aromatic heterocycles. The van der Waals surface area contributed by atoms with Crippen LogP contribution in [-0.4, -0.2) is 47.0 Å². The third-order valence-corrected chi connectivity index (χ3v) is 3.84. The number of phenols is 1. The Hall–Kier alpha value is -2.97. The number of halogens is 2. The maximum atomic E-state index is 12.1. The van der Waals surface area contributed by atoms with Crippen LogP contribution in [0.25, 0.3) is 0 Å². The minimum atomic E-state index is -1.66. The largest absolute Gasteiger partial charge is 0.507 e. The smallest absolute Gasteiger partial charge is 0.394 e. The number of carboxylic acids is 1. The number of hydrogen-bond donors (Lipinski definition) is 3. The molecule has 0 saturated carbocycles. The molecule has 2 rings (SSSR count). The van der Waals surface area contributed by atoms with Gasteiger partial charge in [-0.15, -0.1) is 0 Å². The zero-order chi connectivity index (χ0) is 20.3. The first kappa shape index (κ1) is 20.3. The Kier molecular flexibility index (Phi) is 6.14. The first-order chi connectivity index (χ1) is 12.6. The number of rotatable bonds is 4. The number of nitrogens with one attached hydrogen (secondary N) is 1. The highest BCUT2D eigenvalue weighted by atomic mass is 35.5. The summed E-state index contributed by atoms with van der Waals surface area (Å²) in [5.74, 6) is -3.34. The number of hydrogen-bond acceptors (Lipinski definition) is 5. The first-order valence-corrected chi connectivity index (χ1v) is 8.11. The molecule has 0 aliphatic heterocycles. The number of anilines is 1. The van der Waals surface area contributed by atoms with Crippen molar-refractivity contribution in [2.75, 3.05) is 19.4 Å². The van der Waals surface area contributed by atoms with Crippen LogP contribution in [0.1, 0.15) is 10.4 Å². The molecule has 0 bridgehead atoms. The number of phenolic OH excluding ortho intramolecular Hbond substituents is 1. The highest BCUT2D eigenvalue weighted by molar-refractivity contribution is 6.39. The molecule has 2 amide bonds. The SMILES string of the molecule is CN(C)C(=O)c1cc(Oc2c(Cl)cc(NC(=O)C(=O)O)cc2Cl)ccc1O. The first-order valence-electron chi connectivity index (χ1n) is 7.36. The molecule has 0 saturated heterocycles. The fourth-order valence-corrected chi connectivity index (χ4v) is 2.59. The van der Waals surface area contributed by atoms with Crippen LogP contribution in [0.3, 0.4) is 0 Å². The second-order valence-corrected chi connectivity index (χ2v) is 6.32. The normalized spacial score (nSPS) is 10.2. The van der Waals surface area contributed by atoms with Crippen LogP contribution in [-0.2, 0) is 9.59 Å². The topological polar surface area (TPSA) is 116 Å². The van der Waals surface area contributed by atoms with Crippen molar-refractivity contribution < 1.29 is 29.3 Å². The molecule has 10 heteroatoms. The fraction of sp³-hybridized carbons (Fsp3) is 0.118. The third kappa shape index (κ3) is 4.81. The number of aromatic hydroxyl groups is 1. The third-order valence-electron chi connectivity index (χ3n) is 3.27. The second kappa shape index (κ2) is 8.15. The number of carbonyl (C=O) groups is 3. The van der Waals surface area contributed by atoms with Crippen LogP contribution in [0, 0.1) is 0 Å². The zero-order valence-corrected chi connectivity index (χ0v) is 15.6. The van der Waals surface area contributed by atoms with Crippen LogP contribution in [0.4, 0.5) is 5.69 Å². The Labute approximate surface area is 163 Å². The number of nitrogens with zero attached hydrogens (tertiary/aromatic N) is 1. The molecule has 0 spiro atoms.